The highest BCUT2D eigenvalue weighted by atomic mass is 19.1. The predicted molar refractivity (Wildman–Crippen MR) is 62.6 cm³/mol. The molecule has 1 aromatic carbocycles. The van der Waals surface area contributed by atoms with Crippen LogP contribution in [-0.4, -0.2) is 4.98 Å². The average molecular weight is 234 g/mol. The molecule has 0 atom stereocenters. The molecular formula is C13H12F2N2. The Labute approximate surface area is 98.1 Å². The number of nitrogens with two attached hydrogens (primary N) is 1. The Morgan fingerprint density at radius 3 is 2.41 bits per heavy atom. The Kier molecular flexibility index (Phi) is 3.04. The third kappa shape index (κ3) is 2.78. The van der Waals surface area contributed by atoms with Crippen LogP contribution in [0.3, 0.4) is 0 Å². The minimum Gasteiger partial charge on any atom is -0.383 e. The Balaban J connectivity index is 2.34. The Morgan fingerprint density at radius 1 is 1.12 bits per heavy atom. The topological polar surface area (TPSA) is 38.9 Å². The number of hydrogen-bond donors (Lipinski definition) is 1. The fourth-order valence-corrected chi connectivity index (χ4v) is 1.71. The van der Waals surface area contributed by atoms with Crippen molar-refractivity contribution < 1.29 is 8.78 Å². The van der Waals surface area contributed by atoms with Gasteiger partial charge in [-0.25, -0.2) is 13.8 Å². The third-order valence-electron chi connectivity index (χ3n) is 2.46. The van der Waals surface area contributed by atoms with Gasteiger partial charge in [0.2, 0.25) is 0 Å². The molecule has 4 heteroatoms. The molecule has 0 fully saturated rings. The third-order valence-corrected chi connectivity index (χ3v) is 2.46. The van der Waals surface area contributed by atoms with Crippen LogP contribution in [0.4, 0.5) is 14.6 Å². The molecule has 0 saturated heterocycles. The monoisotopic (exact) mass is 234 g/mol. The van der Waals surface area contributed by atoms with E-state index in [4.69, 9.17) is 5.73 Å². The zero-order valence-corrected chi connectivity index (χ0v) is 9.37. The molecule has 1 heterocycles. The number of rotatable bonds is 2. The van der Waals surface area contributed by atoms with E-state index < -0.39 is 11.6 Å². The zero-order chi connectivity index (χ0) is 12.4. The molecule has 0 unspecified atom stereocenters. The summed E-state index contributed by atoms with van der Waals surface area (Å²) >= 11 is 0. The summed E-state index contributed by atoms with van der Waals surface area (Å²) in [4.78, 5) is 4.01. The summed E-state index contributed by atoms with van der Waals surface area (Å²) in [6, 6.07) is 5.31. The van der Waals surface area contributed by atoms with E-state index in [1.807, 2.05) is 13.0 Å². The highest BCUT2D eigenvalue weighted by molar-refractivity contribution is 5.43. The van der Waals surface area contributed by atoms with Crippen molar-refractivity contribution in [2.75, 3.05) is 5.73 Å². The summed E-state index contributed by atoms with van der Waals surface area (Å²) < 4.78 is 26.0. The maximum atomic E-state index is 13.0. The van der Waals surface area contributed by atoms with Crippen LogP contribution in [-0.2, 0) is 6.42 Å². The van der Waals surface area contributed by atoms with Gasteiger partial charge in [-0.05, 0) is 35.7 Å². The lowest BCUT2D eigenvalue weighted by molar-refractivity contribution is 0.580. The molecule has 0 radical (unpaired) electrons. The van der Waals surface area contributed by atoms with Crippen molar-refractivity contribution in [3.8, 4) is 0 Å². The molecule has 0 amide bonds. The summed E-state index contributed by atoms with van der Waals surface area (Å²) in [5, 5.41) is 0. The number of halogens is 2. The average Bonchev–Trinajstić information content (AvgIpc) is 2.22. The quantitative estimate of drug-likeness (QED) is 0.867. The second-order valence-electron chi connectivity index (χ2n) is 4.01. The number of anilines is 1. The Morgan fingerprint density at radius 2 is 1.76 bits per heavy atom. The summed E-state index contributed by atoms with van der Waals surface area (Å²) in [7, 11) is 0. The van der Waals surface area contributed by atoms with Gasteiger partial charge < -0.3 is 5.73 Å². The van der Waals surface area contributed by atoms with Crippen molar-refractivity contribution in [3.63, 3.8) is 0 Å². The first-order valence-electron chi connectivity index (χ1n) is 5.20. The van der Waals surface area contributed by atoms with Gasteiger partial charge in [-0.15, -0.1) is 0 Å². The van der Waals surface area contributed by atoms with E-state index in [1.54, 1.807) is 6.20 Å². The maximum Gasteiger partial charge on any atom is 0.126 e. The normalized spacial score (nSPS) is 10.5. The molecule has 2 rings (SSSR count). The van der Waals surface area contributed by atoms with Crippen LogP contribution in [0.5, 0.6) is 0 Å². The first-order valence-corrected chi connectivity index (χ1v) is 5.20. The molecule has 17 heavy (non-hydrogen) atoms. The summed E-state index contributed by atoms with van der Waals surface area (Å²) in [6.07, 6.45) is 2.03. The van der Waals surface area contributed by atoms with Crippen LogP contribution in [0.1, 0.15) is 16.7 Å². The van der Waals surface area contributed by atoms with Crippen molar-refractivity contribution >= 4 is 5.82 Å². The Hall–Kier alpha value is -1.97. The van der Waals surface area contributed by atoms with E-state index >= 15 is 0 Å². The van der Waals surface area contributed by atoms with Gasteiger partial charge in [0.15, 0.2) is 0 Å². The fourth-order valence-electron chi connectivity index (χ4n) is 1.71. The van der Waals surface area contributed by atoms with E-state index in [0.717, 1.165) is 17.2 Å². The molecule has 2 aromatic rings. The number of nitrogens with zero attached hydrogens (tertiary/aromatic N) is 1. The molecule has 0 aliphatic rings. The summed E-state index contributed by atoms with van der Waals surface area (Å²) in [6.45, 7) is 1.89. The molecule has 88 valence electrons. The minimum atomic E-state index is -0.584. The smallest absolute Gasteiger partial charge is 0.126 e. The highest BCUT2D eigenvalue weighted by Gasteiger charge is 2.05. The first-order chi connectivity index (χ1) is 8.04. The lowest BCUT2D eigenvalue weighted by atomic mass is 10.0. The van der Waals surface area contributed by atoms with Crippen molar-refractivity contribution in [2.24, 2.45) is 0 Å². The molecule has 2 nitrogen and oxygen atoms in total. The zero-order valence-electron chi connectivity index (χ0n) is 9.37. The van der Waals surface area contributed by atoms with Crippen LogP contribution in [0.25, 0.3) is 0 Å². The van der Waals surface area contributed by atoms with Gasteiger partial charge in [0.25, 0.3) is 0 Å². The Bertz CT molecular complexity index is 533. The van der Waals surface area contributed by atoms with E-state index in [2.05, 4.69) is 4.98 Å². The number of pyridine rings is 1. The van der Waals surface area contributed by atoms with Gasteiger partial charge in [0.1, 0.15) is 17.5 Å². The number of hydrogen-bond acceptors (Lipinski definition) is 2. The van der Waals surface area contributed by atoms with Crippen LogP contribution in [0, 0.1) is 18.6 Å². The van der Waals surface area contributed by atoms with Crippen molar-refractivity contribution in [1.82, 2.24) is 4.98 Å². The van der Waals surface area contributed by atoms with E-state index in [0.29, 0.717) is 17.8 Å². The van der Waals surface area contributed by atoms with Gasteiger partial charge in [0, 0.05) is 18.7 Å². The molecule has 2 N–H and O–H groups in total. The SMILES string of the molecule is Cc1cnc(N)c(Cc2cc(F)cc(F)c2)c1. The standard InChI is InChI=1S/C13H12F2N2/c1-8-2-10(13(16)17-7-8)3-9-4-11(14)6-12(15)5-9/h2,4-7H,3H2,1H3,(H2,16,17). The van der Waals surface area contributed by atoms with Crippen LogP contribution < -0.4 is 5.73 Å². The lowest BCUT2D eigenvalue weighted by Gasteiger charge is -2.06. The number of aromatic nitrogens is 1. The summed E-state index contributed by atoms with van der Waals surface area (Å²) in [5.41, 5.74) is 8.00. The van der Waals surface area contributed by atoms with Gasteiger partial charge in [-0.3, -0.25) is 0 Å². The predicted octanol–water partition coefficient (Wildman–Crippen LogP) is 2.84. The molecule has 1 aromatic heterocycles. The largest absolute Gasteiger partial charge is 0.383 e. The first kappa shape index (κ1) is 11.5. The van der Waals surface area contributed by atoms with Gasteiger partial charge in [0.05, 0.1) is 0 Å². The molecule has 0 spiro atoms. The van der Waals surface area contributed by atoms with Crippen molar-refractivity contribution in [2.45, 2.75) is 13.3 Å². The maximum absolute atomic E-state index is 13.0. The van der Waals surface area contributed by atoms with Crippen molar-refractivity contribution in [1.29, 1.82) is 0 Å². The highest BCUT2D eigenvalue weighted by Crippen LogP contribution is 2.17. The number of aryl methyl sites for hydroxylation is 1. The molecule has 0 aliphatic heterocycles. The molecule has 0 saturated carbocycles. The molecule has 0 bridgehead atoms. The molecule has 0 aliphatic carbocycles. The van der Waals surface area contributed by atoms with Crippen LogP contribution in [0.15, 0.2) is 30.5 Å². The number of nitrogen functional groups attached to an aromatic ring is 1. The number of benzene rings is 1. The van der Waals surface area contributed by atoms with Crippen LogP contribution >= 0.6 is 0 Å². The van der Waals surface area contributed by atoms with E-state index in [-0.39, 0.29) is 0 Å². The van der Waals surface area contributed by atoms with Gasteiger partial charge in [-0.1, -0.05) is 6.07 Å². The minimum absolute atomic E-state index is 0.370. The summed E-state index contributed by atoms with van der Waals surface area (Å²) in [5.74, 6) is -0.779. The second kappa shape index (κ2) is 4.49. The fraction of sp³-hybridized carbons (Fsp3) is 0.154. The second-order valence-corrected chi connectivity index (χ2v) is 4.01. The molecular weight excluding hydrogens is 222 g/mol. The van der Waals surface area contributed by atoms with Gasteiger partial charge in [-0.2, -0.15) is 0 Å². The van der Waals surface area contributed by atoms with E-state index in [9.17, 15) is 8.78 Å². The van der Waals surface area contributed by atoms with Gasteiger partial charge >= 0.3 is 0 Å². The van der Waals surface area contributed by atoms with Crippen molar-refractivity contribution in [3.05, 3.63) is 58.8 Å². The lowest BCUT2D eigenvalue weighted by Crippen LogP contribution is -2.00. The van der Waals surface area contributed by atoms with E-state index in [1.165, 1.54) is 12.1 Å². The van der Waals surface area contributed by atoms with Crippen LogP contribution in [0.2, 0.25) is 0 Å².